The van der Waals surface area contributed by atoms with Crippen LogP contribution in [0.3, 0.4) is 0 Å². The van der Waals surface area contributed by atoms with Gasteiger partial charge in [0.05, 0.1) is 4.99 Å². The van der Waals surface area contributed by atoms with Gasteiger partial charge in [0.15, 0.2) is 8.32 Å². The molecule has 0 aliphatic heterocycles. The summed E-state index contributed by atoms with van der Waals surface area (Å²) in [6, 6.07) is 0. The maximum atomic E-state index is 6.39. The zero-order valence-corrected chi connectivity index (χ0v) is 14.1. The first-order valence-corrected chi connectivity index (χ1v) is 9.22. The van der Waals surface area contributed by atoms with Gasteiger partial charge in [0.25, 0.3) is 0 Å². The van der Waals surface area contributed by atoms with E-state index in [9.17, 15) is 0 Å². The highest BCUT2D eigenvalue weighted by Crippen LogP contribution is 2.42. The number of hydrogen-bond donors (Lipinski definition) is 1. The largest absolute Gasteiger partial charge is 0.416 e. The minimum absolute atomic E-state index is 0.597. The van der Waals surface area contributed by atoms with E-state index in [0.717, 1.165) is 19.4 Å². The molecule has 0 bridgehead atoms. The van der Waals surface area contributed by atoms with Gasteiger partial charge in [-0.25, -0.2) is 0 Å². The topological polar surface area (TPSA) is 35.2 Å². The number of rotatable bonds is 8. The lowest BCUT2D eigenvalue weighted by Crippen LogP contribution is -2.48. The van der Waals surface area contributed by atoms with Gasteiger partial charge in [0, 0.05) is 6.61 Å². The van der Waals surface area contributed by atoms with Crippen molar-refractivity contribution in [2.45, 2.75) is 71.0 Å². The second kappa shape index (κ2) is 7.49. The Morgan fingerprint density at radius 3 is 1.76 bits per heavy atom. The Morgan fingerprint density at radius 1 is 1.06 bits per heavy atom. The Kier molecular flexibility index (Phi) is 7.52. The summed E-state index contributed by atoms with van der Waals surface area (Å²) in [5.74, 6) is 0. The van der Waals surface area contributed by atoms with Gasteiger partial charge in [-0.3, -0.25) is 0 Å². The van der Waals surface area contributed by atoms with Crippen LogP contribution in [0.2, 0.25) is 16.6 Å². The molecule has 2 nitrogen and oxygen atoms in total. The van der Waals surface area contributed by atoms with Crippen LogP contribution < -0.4 is 5.73 Å². The average molecular weight is 276 g/mol. The second-order valence-corrected chi connectivity index (χ2v) is 11.7. The van der Waals surface area contributed by atoms with E-state index in [-0.39, 0.29) is 0 Å². The Balaban J connectivity index is 4.54. The lowest BCUT2D eigenvalue weighted by atomic mass is 10.3. The molecule has 0 aromatic rings. The van der Waals surface area contributed by atoms with Crippen LogP contribution in [-0.2, 0) is 4.43 Å². The summed E-state index contributed by atoms with van der Waals surface area (Å²) in [5, 5.41) is 0. The normalized spacial score (nSPS) is 12.8. The van der Waals surface area contributed by atoms with Crippen LogP contribution in [0.5, 0.6) is 0 Å². The highest BCUT2D eigenvalue weighted by molar-refractivity contribution is 7.80. The third-order valence-electron chi connectivity index (χ3n) is 3.63. The summed E-state index contributed by atoms with van der Waals surface area (Å²) in [6.45, 7) is 14.6. The summed E-state index contributed by atoms with van der Waals surface area (Å²) in [5.41, 5.74) is 7.45. The molecule has 0 atom stereocenters. The first-order valence-electron chi connectivity index (χ1n) is 6.67. The lowest BCUT2D eigenvalue weighted by molar-refractivity contribution is 0.274. The highest BCUT2D eigenvalue weighted by Gasteiger charge is 2.44. The van der Waals surface area contributed by atoms with Gasteiger partial charge in [-0.05, 0) is 29.5 Å². The SMILES string of the molecule is CC(C)[Si](OCCCC(N)=S)(C(C)C)C(C)C. The Hall–Kier alpha value is 0.0669. The van der Waals surface area contributed by atoms with E-state index in [2.05, 4.69) is 41.5 Å². The number of hydrogen-bond acceptors (Lipinski definition) is 2. The van der Waals surface area contributed by atoms with Crippen LogP contribution in [-0.4, -0.2) is 19.9 Å². The van der Waals surface area contributed by atoms with Crippen LogP contribution in [0.1, 0.15) is 54.4 Å². The molecule has 4 heteroatoms. The first-order chi connectivity index (χ1) is 7.75. The molecule has 0 heterocycles. The molecule has 0 saturated heterocycles. The van der Waals surface area contributed by atoms with E-state index in [4.69, 9.17) is 22.4 Å². The molecular weight excluding hydrogens is 246 g/mol. The van der Waals surface area contributed by atoms with Crippen molar-refractivity contribution in [3.05, 3.63) is 0 Å². The lowest BCUT2D eigenvalue weighted by Gasteiger charge is -2.42. The van der Waals surface area contributed by atoms with Crippen LogP contribution >= 0.6 is 12.2 Å². The average Bonchev–Trinajstić information content (AvgIpc) is 2.15. The minimum atomic E-state index is -1.68. The van der Waals surface area contributed by atoms with Crippen LogP contribution in [0, 0.1) is 0 Å². The van der Waals surface area contributed by atoms with Crippen molar-refractivity contribution >= 4 is 25.5 Å². The molecule has 102 valence electrons. The summed E-state index contributed by atoms with van der Waals surface area (Å²) < 4.78 is 6.39. The van der Waals surface area contributed by atoms with E-state index >= 15 is 0 Å². The first kappa shape index (κ1) is 17.1. The summed E-state index contributed by atoms with van der Waals surface area (Å²) in [4.78, 5) is 0.597. The van der Waals surface area contributed by atoms with E-state index in [1.165, 1.54) is 0 Å². The Labute approximate surface area is 113 Å². The molecule has 0 aromatic heterocycles. The van der Waals surface area contributed by atoms with Gasteiger partial charge in [-0.15, -0.1) is 0 Å². The third-order valence-corrected chi connectivity index (χ3v) is 9.95. The molecule has 0 amide bonds. The maximum absolute atomic E-state index is 6.39. The zero-order valence-electron chi connectivity index (χ0n) is 12.2. The van der Waals surface area contributed by atoms with Crippen LogP contribution in [0.25, 0.3) is 0 Å². The number of thiocarbonyl (C=S) groups is 1. The molecule has 0 radical (unpaired) electrons. The molecule has 0 saturated carbocycles. The highest BCUT2D eigenvalue weighted by atomic mass is 32.1. The predicted molar refractivity (Wildman–Crippen MR) is 83.0 cm³/mol. The molecule has 0 spiro atoms. The smallest absolute Gasteiger partial charge is 0.200 e. The fourth-order valence-corrected chi connectivity index (χ4v) is 8.64. The Morgan fingerprint density at radius 2 is 1.47 bits per heavy atom. The summed E-state index contributed by atoms with van der Waals surface area (Å²) in [7, 11) is -1.68. The molecule has 17 heavy (non-hydrogen) atoms. The minimum Gasteiger partial charge on any atom is -0.416 e. The van der Waals surface area contributed by atoms with Crippen molar-refractivity contribution in [2.24, 2.45) is 5.73 Å². The van der Waals surface area contributed by atoms with Crippen molar-refractivity contribution in [2.75, 3.05) is 6.61 Å². The van der Waals surface area contributed by atoms with Crippen molar-refractivity contribution in [3.63, 3.8) is 0 Å². The molecule has 0 unspecified atom stereocenters. The standard InChI is InChI=1S/C13H29NOSSi/c1-10(2)17(11(3)4,12(5)6)15-9-7-8-13(14)16/h10-12H,7-9H2,1-6H3,(H2,14,16). The van der Waals surface area contributed by atoms with Gasteiger partial charge in [-0.1, -0.05) is 53.8 Å². The maximum Gasteiger partial charge on any atom is 0.200 e. The molecule has 0 fully saturated rings. The number of nitrogens with two attached hydrogens (primary N) is 1. The van der Waals surface area contributed by atoms with E-state index < -0.39 is 8.32 Å². The van der Waals surface area contributed by atoms with E-state index in [1.54, 1.807) is 0 Å². The Bertz CT molecular complexity index is 220. The second-order valence-electron chi connectivity index (χ2n) is 5.74. The zero-order chi connectivity index (χ0) is 13.6. The van der Waals surface area contributed by atoms with Gasteiger partial charge >= 0.3 is 0 Å². The summed E-state index contributed by atoms with van der Waals surface area (Å²) in [6.07, 6.45) is 1.75. The van der Waals surface area contributed by atoms with Gasteiger partial charge in [-0.2, -0.15) is 0 Å². The molecule has 0 aliphatic rings. The monoisotopic (exact) mass is 275 g/mol. The van der Waals surface area contributed by atoms with E-state index in [0.29, 0.717) is 21.6 Å². The molecule has 0 aromatic carbocycles. The van der Waals surface area contributed by atoms with Crippen LogP contribution in [0.15, 0.2) is 0 Å². The fraction of sp³-hybridized carbons (Fsp3) is 0.923. The molecule has 0 aliphatic carbocycles. The molecular formula is C13H29NOSSi. The van der Waals surface area contributed by atoms with Gasteiger partial charge < -0.3 is 10.2 Å². The van der Waals surface area contributed by atoms with Crippen LogP contribution in [0.4, 0.5) is 0 Å². The van der Waals surface area contributed by atoms with Gasteiger partial charge in [0.1, 0.15) is 0 Å². The van der Waals surface area contributed by atoms with Crippen molar-refractivity contribution in [3.8, 4) is 0 Å². The van der Waals surface area contributed by atoms with Crippen molar-refractivity contribution in [1.29, 1.82) is 0 Å². The molecule has 2 N–H and O–H groups in total. The fourth-order valence-electron chi connectivity index (χ4n) is 3.00. The predicted octanol–water partition coefficient (Wildman–Crippen LogP) is 4.24. The van der Waals surface area contributed by atoms with Crippen molar-refractivity contribution < 1.29 is 4.43 Å². The molecule has 0 rings (SSSR count). The third kappa shape index (κ3) is 4.68. The summed E-state index contributed by atoms with van der Waals surface area (Å²) >= 11 is 4.89. The van der Waals surface area contributed by atoms with Gasteiger partial charge in [0.2, 0.25) is 0 Å². The van der Waals surface area contributed by atoms with Crippen molar-refractivity contribution in [1.82, 2.24) is 0 Å². The quantitative estimate of drug-likeness (QED) is 0.409. The van der Waals surface area contributed by atoms with E-state index in [1.807, 2.05) is 0 Å².